The quantitative estimate of drug-likeness (QED) is 0.348. The Morgan fingerprint density at radius 1 is 1.00 bits per heavy atom. The summed E-state index contributed by atoms with van der Waals surface area (Å²) in [5.74, 6) is 1.62. The molecule has 0 radical (unpaired) electrons. The van der Waals surface area contributed by atoms with E-state index in [1.54, 1.807) is 0 Å². The SMILES string of the molecule is CN=C(NCCNC(=O)CC1CCCCC1)NC1CCN(Cc2ccccc2)CC1. The van der Waals surface area contributed by atoms with Crippen LogP contribution < -0.4 is 16.0 Å². The molecule has 1 saturated heterocycles. The third-order valence-electron chi connectivity index (χ3n) is 6.34. The van der Waals surface area contributed by atoms with E-state index >= 15 is 0 Å². The number of piperidine rings is 1. The van der Waals surface area contributed by atoms with Gasteiger partial charge in [-0.2, -0.15) is 0 Å². The summed E-state index contributed by atoms with van der Waals surface area (Å²) in [4.78, 5) is 19.0. The Morgan fingerprint density at radius 2 is 1.70 bits per heavy atom. The van der Waals surface area contributed by atoms with E-state index in [0.29, 0.717) is 31.5 Å². The summed E-state index contributed by atoms with van der Waals surface area (Å²) in [6, 6.07) is 11.1. The Labute approximate surface area is 181 Å². The van der Waals surface area contributed by atoms with Crippen molar-refractivity contribution in [2.75, 3.05) is 33.2 Å². The van der Waals surface area contributed by atoms with Crippen molar-refractivity contribution in [2.24, 2.45) is 10.9 Å². The van der Waals surface area contributed by atoms with Gasteiger partial charge in [0.05, 0.1) is 0 Å². The lowest BCUT2D eigenvalue weighted by Gasteiger charge is -2.33. The molecule has 1 aromatic rings. The molecule has 1 amide bonds. The number of benzene rings is 1. The number of guanidine groups is 1. The number of nitrogens with one attached hydrogen (secondary N) is 3. The van der Waals surface area contributed by atoms with Crippen molar-refractivity contribution >= 4 is 11.9 Å². The summed E-state index contributed by atoms with van der Waals surface area (Å²) in [7, 11) is 1.81. The van der Waals surface area contributed by atoms with Gasteiger partial charge in [-0.3, -0.25) is 14.7 Å². The van der Waals surface area contributed by atoms with Crippen LogP contribution in [0.4, 0.5) is 0 Å². The second kappa shape index (κ2) is 12.6. The van der Waals surface area contributed by atoms with Crippen molar-refractivity contribution in [2.45, 2.75) is 64.0 Å². The highest BCUT2D eigenvalue weighted by molar-refractivity contribution is 5.80. The molecule has 6 nitrogen and oxygen atoms in total. The van der Waals surface area contributed by atoms with Gasteiger partial charge in [-0.15, -0.1) is 0 Å². The molecule has 6 heteroatoms. The van der Waals surface area contributed by atoms with Gasteiger partial charge in [0.1, 0.15) is 0 Å². The fraction of sp³-hybridized carbons (Fsp3) is 0.667. The molecule has 1 heterocycles. The minimum Gasteiger partial charge on any atom is -0.355 e. The zero-order chi connectivity index (χ0) is 21.0. The number of likely N-dealkylation sites (tertiary alicyclic amines) is 1. The fourth-order valence-corrected chi connectivity index (χ4v) is 4.57. The van der Waals surface area contributed by atoms with E-state index in [1.807, 2.05) is 7.05 Å². The van der Waals surface area contributed by atoms with Crippen LogP contribution in [-0.2, 0) is 11.3 Å². The minimum absolute atomic E-state index is 0.192. The molecular weight excluding hydrogens is 374 g/mol. The van der Waals surface area contributed by atoms with E-state index < -0.39 is 0 Å². The van der Waals surface area contributed by atoms with Crippen molar-refractivity contribution in [3.8, 4) is 0 Å². The Kier molecular flexibility index (Phi) is 9.48. The third-order valence-corrected chi connectivity index (χ3v) is 6.34. The number of rotatable bonds is 8. The maximum atomic E-state index is 12.1. The number of aliphatic imine (C=N–C) groups is 1. The second-order valence-corrected chi connectivity index (χ2v) is 8.74. The van der Waals surface area contributed by atoms with Crippen molar-refractivity contribution < 1.29 is 4.79 Å². The predicted octanol–water partition coefficient (Wildman–Crippen LogP) is 2.90. The Bertz CT molecular complexity index is 649. The summed E-state index contributed by atoms with van der Waals surface area (Å²) in [6.07, 6.45) is 9.25. The molecule has 0 atom stereocenters. The van der Waals surface area contributed by atoms with E-state index in [0.717, 1.165) is 38.4 Å². The molecule has 0 unspecified atom stereocenters. The van der Waals surface area contributed by atoms with Crippen LogP contribution in [0.2, 0.25) is 0 Å². The van der Waals surface area contributed by atoms with E-state index in [-0.39, 0.29) is 5.91 Å². The van der Waals surface area contributed by atoms with Gasteiger partial charge in [0.25, 0.3) is 0 Å². The average Bonchev–Trinajstić information content (AvgIpc) is 2.78. The maximum Gasteiger partial charge on any atom is 0.220 e. The normalized spacial score (nSPS) is 19.4. The molecule has 2 aliphatic rings. The van der Waals surface area contributed by atoms with Crippen molar-refractivity contribution in [1.82, 2.24) is 20.9 Å². The highest BCUT2D eigenvalue weighted by Gasteiger charge is 2.20. The molecule has 0 bridgehead atoms. The summed E-state index contributed by atoms with van der Waals surface area (Å²) < 4.78 is 0. The zero-order valence-corrected chi connectivity index (χ0v) is 18.5. The Balaban J connectivity index is 1.27. The minimum atomic E-state index is 0.192. The summed E-state index contributed by atoms with van der Waals surface area (Å²) in [5.41, 5.74) is 1.38. The van der Waals surface area contributed by atoms with E-state index in [9.17, 15) is 4.79 Å². The largest absolute Gasteiger partial charge is 0.355 e. The van der Waals surface area contributed by atoms with Crippen LogP contribution in [0.1, 0.15) is 56.9 Å². The first-order valence-corrected chi connectivity index (χ1v) is 11.7. The first kappa shape index (κ1) is 22.6. The van der Waals surface area contributed by atoms with Gasteiger partial charge < -0.3 is 16.0 Å². The standard InChI is InChI=1S/C24H39N5O/c1-25-24(27-15-14-26-23(30)18-20-8-4-2-5-9-20)28-22-12-16-29(17-13-22)19-21-10-6-3-7-11-21/h3,6-7,10-11,20,22H,2,4-5,8-9,12-19H2,1H3,(H,26,30)(H2,25,27,28). The summed E-state index contributed by atoms with van der Waals surface area (Å²) in [6.45, 7) is 4.56. The smallest absolute Gasteiger partial charge is 0.220 e. The molecule has 1 aliphatic heterocycles. The van der Waals surface area contributed by atoms with Crippen LogP contribution in [0.15, 0.2) is 35.3 Å². The molecule has 1 aliphatic carbocycles. The van der Waals surface area contributed by atoms with Gasteiger partial charge in [-0.25, -0.2) is 0 Å². The monoisotopic (exact) mass is 413 g/mol. The van der Waals surface area contributed by atoms with E-state index in [2.05, 4.69) is 56.2 Å². The molecule has 2 fully saturated rings. The van der Waals surface area contributed by atoms with Crippen LogP contribution in [-0.4, -0.2) is 56.0 Å². The van der Waals surface area contributed by atoms with Gasteiger partial charge in [-0.05, 0) is 37.2 Å². The molecule has 1 aromatic carbocycles. The number of hydrogen-bond donors (Lipinski definition) is 3. The molecule has 30 heavy (non-hydrogen) atoms. The summed E-state index contributed by atoms with van der Waals surface area (Å²) in [5, 5.41) is 9.93. The summed E-state index contributed by atoms with van der Waals surface area (Å²) >= 11 is 0. The van der Waals surface area contributed by atoms with Crippen molar-refractivity contribution in [3.05, 3.63) is 35.9 Å². The lowest BCUT2D eigenvalue weighted by molar-refractivity contribution is -0.122. The second-order valence-electron chi connectivity index (χ2n) is 8.74. The van der Waals surface area contributed by atoms with Gasteiger partial charge in [0.2, 0.25) is 5.91 Å². The molecule has 166 valence electrons. The number of hydrogen-bond acceptors (Lipinski definition) is 3. The van der Waals surface area contributed by atoms with Crippen molar-refractivity contribution in [1.29, 1.82) is 0 Å². The highest BCUT2D eigenvalue weighted by Crippen LogP contribution is 2.25. The van der Waals surface area contributed by atoms with E-state index in [4.69, 9.17) is 0 Å². The van der Waals surface area contributed by atoms with Gasteiger partial charge in [0, 0.05) is 52.2 Å². The fourth-order valence-electron chi connectivity index (χ4n) is 4.57. The molecule has 3 rings (SSSR count). The number of carbonyl (C=O) groups is 1. The Hall–Kier alpha value is -2.08. The highest BCUT2D eigenvalue weighted by atomic mass is 16.1. The van der Waals surface area contributed by atoms with Crippen LogP contribution in [0, 0.1) is 5.92 Å². The van der Waals surface area contributed by atoms with Gasteiger partial charge in [-0.1, -0.05) is 49.6 Å². The molecule has 0 spiro atoms. The third kappa shape index (κ3) is 7.98. The molecule has 0 aromatic heterocycles. The first-order valence-electron chi connectivity index (χ1n) is 11.7. The van der Waals surface area contributed by atoms with Crippen LogP contribution in [0.5, 0.6) is 0 Å². The van der Waals surface area contributed by atoms with Gasteiger partial charge >= 0.3 is 0 Å². The number of nitrogens with zero attached hydrogens (tertiary/aromatic N) is 2. The van der Waals surface area contributed by atoms with Crippen LogP contribution >= 0.6 is 0 Å². The zero-order valence-electron chi connectivity index (χ0n) is 18.5. The lowest BCUT2D eigenvalue weighted by Crippen LogP contribution is -2.49. The average molecular weight is 414 g/mol. The van der Waals surface area contributed by atoms with Crippen molar-refractivity contribution in [3.63, 3.8) is 0 Å². The Morgan fingerprint density at radius 3 is 2.40 bits per heavy atom. The molecule has 3 N–H and O–H groups in total. The predicted molar refractivity (Wildman–Crippen MR) is 123 cm³/mol. The topological polar surface area (TPSA) is 68.8 Å². The van der Waals surface area contributed by atoms with Crippen LogP contribution in [0.3, 0.4) is 0 Å². The lowest BCUT2D eigenvalue weighted by atomic mass is 9.87. The maximum absolute atomic E-state index is 12.1. The number of amides is 1. The van der Waals surface area contributed by atoms with Gasteiger partial charge in [0.15, 0.2) is 5.96 Å². The van der Waals surface area contributed by atoms with E-state index in [1.165, 1.54) is 37.7 Å². The molecular formula is C24H39N5O. The van der Waals surface area contributed by atoms with Crippen LogP contribution in [0.25, 0.3) is 0 Å². The molecule has 1 saturated carbocycles. The number of carbonyl (C=O) groups excluding carboxylic acids is 1. The first-order chi connectivity index (χ1) is 14.7.